The Morgan fingerprint density at radius 2 is 2.00 bits per heavy atom. The summed E-state index contributed by atoms with van der Waals surface area (Å²) in [4.78, 5) is 0. The highest BCUT2D eigenvalue weighted by Crippen LogP contribution is 2.36. The summed E-state index contributed by atoms with van der Waals surface area (Å²) >= 11 is 1.27. The molecule has 5 heteroatoms. The summed E-state index contributed by atoms with van der Waals surface area (Å²) in [5.74, 6) is 0. The van der Waals surface area contributed by atoms with Crippen LogP contribution in [0.1, 0.15) is 18.9 Å². The number of thiophene rings is 1. The summed E-state index contributed by atoms with van der Waals surface area (Å²) < 4.78 is 27.5. The Morgan fingerprint density at radius 1 is 1.21 bits per heavy atom. The van der Waals surface area contributed by atoms with E-state index in [-0.39, 0.29) is 6.04 Å². The normalized spacial score (nSPS) is 19.2. The molecule has 0 fully saturated rings. The van der Waals surface area contributed by atoms with Gasteiger partial charge in [-0.2, -0.15) is 0 Å². The molecular weight excluding hydrogens is 278 g/mol. The summed E-state index contributed by atoms with van der Waals surface area (Å²) in [6.45, 7) is 1.97. The van der Waals surface area contributed by atoms with E-state index >= 15 is 0 Å². The highest BCUT2D eigenvalue weighted by Gasteiger charge is 2.33. The maximum absolute atomic E-state index is 12.8. The third kappa shape index (κ3) is 2.07. The van der Waals surface area contributed by atoms with Crippen molar-refractivity contribution >= 4 is 27.0 Å². The van der Waals surface area contributed by atoms with E-state index < -0.39 is 10.0 Å². The van der Waals surface area contributed by atoms with Gasteiger partial charge in [-0.1, -0.05) is 24.3 Å². The van der Waals surface area contributed by atoms with Crippen molar-refractivity contribution in [2.45, 2.75) is 30.0 Å². The molecule has 2 heterocycles. The molecule has 1 aromatic carbocycles. The summed E-state index contributed by atoms with van der Waals surface area (Å²) in [7, 11) is -3.43. The van der Waals surface area contributed by atoms with Gasteiger partial charge in [-0.05, 0) is 42.8 Å². The van der Waals surface area contributed by atoms with Crippen LogP contribution in [0.25, 0.3) is 0 Å². The number of para-hydroxylation sites is 1. The number of sulfonamides is 1. The standard InChI is InChI=1S/C14H15NO2S2/c1-11-8-9-12-5-2-3-6-13(12)15(11)19(16,17)14-7-4-10-18-14/h2-7,10-11H,8-9H2,1H3/t11-/m0/s1. The Balaban J connectivity index is 2.15. The lowest BCUT2D eigenvalue weighted by Gasteiger charge is -2.35. The fourth-order valence-corrected chi connectivity index (χ4v) is 5.33. The number of rotatable bonds is 2. The van der Waals surface area contributed by atoms with Crippen molar-refractivity contribution in [1.29, 1.82) is 0 Å². The molecule has 0 spiro atoms. The van der Waals surface area contributed by atoms with Crippen LogP contribution >= 0.6 is 11.3 Å². The fourth-order valence-electron chi connectivity index (χ4n) is 2.53. The first-order valence-electron chi connectivity index (χ1n) is 6.26. The molecule has 0 saturated heterocycles. The molecule has 0 N–H and O–H groups in total. The SMILES string of the molecule is C[C@H]1CCc2ccccc2N1S(=O)(=O)c1cccs1. The zero-order valence-corrected chi connectivity index (χ0v) is 12.2. The average molecular weight is 293 g/mol. The van der Waals surface area contributed by atoms with E-state index in [0.29, 0.717) is 4.21 Å². The number of nitrogens with zero attached hydrogens (tertiary/aromatic N) is 1. The van der Waals surface area contributed by atoms with Crippen molar-refractivity contribution in [3.8, 4) is 0 Å². The topological polar surface area (TPSA) is 37.4 Å². The highest BCUT2D eigenvalue weighted by molar-refractivity contribution is 7.94. The number of fused-ring (bicyclic) bond motifs is 1. The van der Waals surface area contributed by atoms with Crippen molar-refractivity contribution < 1.29 is 8.42 Å². The lowest BCUT2D eigenvalue weighted by molar-refractivity contribution is 0.565. The third-order valence-corrected chi connectivity index (χ3v) is 6.77. The second kappa shape index (κ2) is 4.65. The predicted octanol–water partition coefficient (Wildman–Crippen LogP) is 3.28. The Kier molecular flexibility index (Phi) is 3.11. The molecule has 0 saturated carbocycles. The summed E-state index contributed by atoms with van der Waals surface area (Å²) in [6, 6.07) is 11.2. The fraction of sp³-hybridized carbons (Fsp3) is 0.286. The van der Waals surface area contributed by atoms with Crippen LogP contribution < -0.4 is 4.31 Å². The third-order valence-electron chi connectivity index (χ3n) is 3.47. The van der Waals surface area contributed by atoms with Crippen LogP contribution in [0.2, 0.25) is 0 Å². The maximum Gasteiger partial charge on any atom is 0.274 e. The first-order valence-corrected chi connectivity index (χ1v) is 8.58. The molecule has 3 rings (SSSR count). The van der Waals surface area contributed by atoms with Gasteiger partial charge in [-0.3, -0.25) is 4.31 Å². The number of aryl methyl sites for hydroxylation is 1. The zero-order chi connectivity index (χ0) is 13.5. The molecular formula is C14H15NO2S2. The lowest BCUT2D eigenvalue weighted by Crippen LogP contribution is -2.41. The van der Waals surface area contributed by atoms with Gasteiger partial charge in [0, 0.05) is 6.04 Å². The summed E-state index contributed by atoms with van der Waals surface area (Å²) in [6.07, 6.45) is 1.80. The van der Waals surface area contributed by atoms with Crippen LogP contribution in [-0.4, -0.2) is 14.5 Å². The van der Waals surface area contributed by atoms with Crippen molar-refractivity contribution in [1.82, 2.24) is 0 Å². The van der Waals surface area contributed by atoms with E-state index in [2.05, 4.69) is 0 Å². The van der Waals surface area contributed by atoms with Crippen LogP contribution in [0, 0.1) is 0 Å². The number of anilines is 1. The number of benzene rings is 1. The Bertz CT molecular complexity index is 677. The van der Waals surface area contributed by atoms with Gasteiger partial charge in [-0.15, -0.1) is 11.3 Å². The Hall–Kier alpha value is -1.33. The first-order chi connectivity index (χ1) is 9.10. The van der Waals surface area contributed by atoms with Crippen molar-refractivity contribution in [3.63, 3.8) is 0 Å². The minimum Gasteiger partial charge on any atom is -0.263 e. The minimum atomic E-state index is -3.43. The molecule has 2 aromatic rings. The van der Waals surface area contributed by atoms with Crippen molar-refractivity contribution in [2.24, 2.45) is 0 Å². The molecule has 0 aliphatic carbocycles. The van der Waals surface area contributed by atoms with E-state index in [1.165, 1.54) is 11.3 Å². The average Bonchev–Trinajstić information content (AvgIpc) is 2.92. The van der Waals surface area contributed by atoms with Gasteiger partial charge in [-0.25, -0.2) is 8.42 Å². The molecule has 0 amide bonds. The molecule has 1 aliphatic rings. The van der Waals surface area contributed by atoms with Crippen molar-refractivity contribution in [2.75, 3.05) is 4.31 Å². The van der Waals surface area contributed by atoms with Gasteiger partial charge in [0.2, 0.25) is 0 Å². The van der Waals surface area contributed by atoms with E-state index in [1.807, 2.05) is 31.2 Å². The van der Waals surface area contributed by atoms with Gasteiger partial charge < -0.3 is 0 Å². The van der Waals surface area contributed by atoms with Crippen LogP contribution in [0.3, 0.4) is 0 Å². The van der Waals surface area contributed by atoms with Crippen LogP contribution in [0.5, 0.6) is 0 Å². The van der Waals surface area contributed by atoms with Gasteiger partial charge in [0.15, 0.2) is 0 Å². The zero-order valence-electron chi connectivity index (χ0n) is 10.6. The van der Waals surface area contributed by atoms with Crippen LogP contribution in [0.15, 0.2) is 46.0 Å². The van der Waals surface area contributed by atoms with E-state index in [9.17, 15) is 8.42 Å². The Labute approximate surface area is 117 Å². The molecule has 19 heavy (non-hydrogen) atoms. The predicted molar refractivity (Wildman–Crippen MR) is 78.2 cm³/mol. The highest BCUT2D eigenvalue weighted by atomic mass is 32.2. The second-order valence-electron chi connectivity index (χ2n) is 4.75. The molecule has 0 bridgehead atoms. The molecule has 100 valence electrons. The van der Waals surface area contributed by atoms with Gasteiger partial charge >= 0.3 is 0 Å². The van der Waals surface area contributed by atoms with Gasteiger partial charge in [0.05, 0.1) is 5.69 Å². The number of hydrogen-bond acceptors (Lipinski definition) is 3. The molecule has 1 aliphatic heterocycles. The summed E-state index contributed by atoms with van der Waals surface area (Å²) in [5.41, 5.74) is 1.94. The van der Waals surface area contributed by atoms with E-state index in [1.54, 1.807) is 21.8 Å². The minimum absolute atomic E-state index is 0.00185. The maximum atomic E-state index is 12.8. The Morgan fingerprint density at radius 3 is 2.74 bits per heavy atom. The molecule has 0 radical (unpaired) electrons. The molecule has 1 atom stereocenters. The van der Waals surface area contributed by atoms with Gasteiger partial charge in [0.1, 0.15) is 4.21 Å². The van der Waals surface area contributed by atoms with Crippen LogP contribution in [0.4, 0.5) is 5.69 Å². The molecule has 3 nitrogen and oxygen atoms in total. The van der Waals surface area contributed by atoms with Crippen molar-refractivity contribution in [3.05, 3.63) is 47.3 Å². The summed E-state index contributed by atoms with van der Waals surface area (Å²) in [5, 5.41) is 1.80. The molecule has 1 aromatic heterocycles. The van der Waals surface area contributed by atoms with Gasteiger partial charge in [0.25, 0.3) is 10.0 Å². The largest absolute Gasteiger partial charge is 0.274 e. The van der Waals surface area contributed by atoms with E-state index in [0.717, 1.165) is 24.1 Å². The lowest BCUT2D eigenvalue weighted by atomic mass is 9.99. The quantitative estimate of drug-likeness (QED) is 0.852. The second-order valence-corrected chi connectivity index (χ2v) is 7.74. The van der Waals surface area contributed by atoms with E-state index in [4.69, 9.17) is 0 Å². The molecule has 0 unspecified atom stereocenters. The first kappa shape index (κ1) is 12.7. The smallest absolute Gasteiger partial charge is 0.263 e. The van der Waals surface area contributed by atoms with Crippen LogP contribution in [-0.2, 0) is 16.4 Å². The number of hydrogen-bond donors (Lipinski definition) is 0. The monoisotopic (exact) mass is 293 g/mol.